The minimum atomic E-state index is -2.86. The lowest BCUT2D eigenvalue weighted by atomic mass is 10.1. The molecule has 0 bridgehead atoms. The van der Waals surface area contributed by atoms with E-state index in [4.69, 9.17) is 0 Å². The zero-order chi connectivity index (χ0) is 13.0. The van der Waals surface area contributed by atoms with Crippen LogP contribution in [0.3, 0.4) is 0 Å². The summed E-state index contributed by atoms with van der Waals surface area (Å²) in [6, 6.07) is 0.931. The SMILES string of the molecule is COC(=O)Cc1cc(=O)[nH]c(OC)c1C(F)F. The molecule has 0 aromatic carbocycles. The van der Waals surface area contributed by atoms with E-state index < -0.39 is 29.9 Å². The third kappa shape index (κ3) is 3.02. The van der Waals surface area contributed by atoms with Crippen LogP contribution in [0.5, 0.6) is 5.88 Å². The second-order valence-electron chi connectivity index (χ2n) is 3.16. The van der Waals surface area contributed by atoms with Gasteiger partial charge in [-0.25, -0.2) is 8.78 Å². The quantitative estimate of drug-likeness (QED) is 0.807. The van der Waals surface area contributed by atoms with E-state index in [-0.39, 0.29) is 11.4 Å². The Morgan fingerprint density at radius 3 is 2.59 bits per heavy atom. The number of halogens is 2. The molecule has 0 amide bonds. The fourth-order valence-corrected chi connectivity index (χ4v) is 1.37. The van der Waals surface area contributed by atoms with Gasteiger partial charge in [0.05, 0.1) is 26.2 Å². The van der Waals surface area contributed by atoms with Gasteiger partial charge in [-0.2, -0.15) is 0 Å². The average molecular weight is 247 g/mol. The standard InChI is InChI=1S/C10H11F2NO4/c1-16-7(15)4-5-3-6(14)13-10(17-2)8(5)9(11)12/h3,9H,4H2,1-2H3,(H,13,14). The van der Waals surface area contributed by atoms with Gasteiger partial charge >= 0.3 is 5.97 Å². The lowest BCUT2D eigenvalue weighted by molar-refractivity contribution is -0.139. The molecule has 1 aromatic heterocycles. The zero-order valence-corrected chi connectivity index (χ0v) is 9.25. The molecule has 1 N–H and O–H groups in total. The summed E-state index contributed by atoms with van der Waals surface area (Å²) in [5, 5.41) is 0. The van der Waals surface area contributed by atoms with Crippen LogP contribution in [-0.4, -0.2) is 25.2 Å². The van der Waals surface area contributed by atoms with Gasteiger partial charge in [-0.15, -0.1) is 0 Å². The smallest absolute Gasteiger partial charge is 0.309 e. The van der Waals surface area contributed by atoms with E-state index in [9.17, 15) is 18.4 Å². The summed E-state index contributed by atoms with van der Waals surface area (Å²) >= 11 is 0. The number of pyridine rings is 1. The van der Waals surface area contributed by atoms with Crippen molar-refractivity contribution in [3.8, 4) is 5.88 Å². The fourth-order valence-electron chi connectivity index (χ4n) is 1.37. The molecule has 0 aliphatic heterocycles. The minimum Gasteiger partial charge on any atom is -0.482 e. The van der Waals surface area contributed by atoms with E-state index in [1.54, 1.807) is 0 Å². The van der Waals surface area contributed by atoms with Gasteiger partial charge in [0, 0.05) is 6.07 Å². The van der Waals surface area contributed by atoms with Crippen molar-refractivity contribution in [2.24, 2.45) is 0 Å². The largest absolute Gasteiger partial charge is 0.482 e. The first kappa shape index (κ1) is 13.1. The Balaban J connectivity index is 3.30. The number of nitrogens with one attached hydrogen (secondary N) is 1. The first-order valence-corrected chi connectivity index (χ1v) is 4.64. The van der Waals surface area contributed by atoms with Crippen LogP contribution in [0.2, 0.25) is 0 Å². The maximum absolute atomic E-state index is 12.8. The Morgan fingerprint density at radius 1 is 1.47 bits per heavy atom. The molecule has 1 aromatic rings. The molecular formula is C10H11F2NO4. The third-order valence-electron chi connectivity index (χ3n) is 2.12. The van der Waals surface area contributed by atoms with Gasteiger partial charge in [-0.3, -0.25) is 14.6 Å². The Kier molecular flexibility index (Phi) is 4.19. The number of ether oxygens (including phenoxy) is 2. The van der Waals surface area contributed by atoms with Crippen molar-refractivity contribution in [3.63, 3.8) is 0 Å². The predicted octanol–water partition coefficient (Wildman–Crippen LogP) is 1.04. The number of alkyl halides is 2. The van der Waals surface area contributed by atoms with Gasteiger partial charge in [0.25, 0.3) is 12.0 Å². The molecule has 94 valence electrons. The minimum absolute atomic E-state index is 0.104. The number of carbonyl (C=O) groups is 1. The number of aromatic amines is 1. The Bertz CT molecular complexity index is 470. The molecule has 17 heavy (non-hydrogen) atoms. The van der Waals surface area contributed by atoms with E-state index >= 15 is 0 Å². The molecule has 1 heterocycles. The summed E-state index contributed by atoms with van der Waals surface area (Å²) in [7, 11) is 2.29. The van der Waals surface area contributed by atoms with Gasteiger partial charge in [0.1, 0.15) is 0 Å². The molecule has 0 unspecified atom stereocenters. The van der Waals surface area contributed by atoms with Crippen molar-refractivity contribution >= 4 is 5.97 Å². The van der Waals surface area contributed by atoms with Crippen molar-refractivity contribution in [1.29, 1.82) is 0 Å². The van der Waals surface area contributed by atoms with Gasteiger partial charge in [0.15, 0.2) is 0 Å². The molecular weight excluding hydrogens is 236 g/mol. The van der Waals surface area contributed by atoms with Gasteiger partial charge in [-0.05, 0) is 5.56 Å². The van der Waals surface area contributed by atoms with Crippen molar-refractivity contribution in [1.82, 2.24) is 4.98 Å². The molecule has 0 atom stereocenters. The molecule has 0 spiro atoms. The van der Waals surface area contributed by atoms with Gasteiger partial charge in [-0.1, -0.05) is 0 Å². The maximum atomic E-state index is 12.8. The van der Waals surface area contributed by atoms with E-state index in [0.717, 1.165) is 20.3 Å². The lowest BCUT2D eigenvalue weighted by Gasteiger charge is -2.11. The number of hydrogen-bond acceptors (Lipinski definition) is 4. The van der Waals surface area contributed by atoms with Crippen molar-refractivity contribution in [2.75, 3.05) is 14.2 Å². The highest BCUT2D eigenvalue weighted by molar-refractivity contribution is 5.73. The highest BCUT2D eigenvalue weighted by Gasteiger charge is 2.22. The van der Waals surface area contributed by atoms with Gasteiger partial charge in [0.2, 0.25) is 5.88 Å². The number of H-pyrrole nitrogens is 1. The summed E-state index contributed by atoms with van der Waals surface area (Å²) in [4.78, 5) is 24.4. The summed E-state index contributed by atoms with van der Waals surface area (Å²) in [5.74, 6) is -1.05. The molecule has 7 heteroatoms. The number of methoxy groups -OCH3 is 2. The summed E-state index contributed by atoms with van der Waals surface area (Å²) in [5.41, 5.74) is -1.23. The first-order chi connectivity index (χ1) is 7.99. The van der Waals surface area contributed by atoms with Crippen LogP contribution in [0.15, 0.2) is 10.9 Å². The topological polar surface area (TPSA) is 68.4 Å². The summed E-state index contributed by atoms with van der Waals surface area (Å²) in [6.07, 6.45) is -3.27. The Hall–Kier alpha value is -1.92. The summed E-state index contributed by atoms with van der Waals surface area (Å²) < 4.78 is 34.6. The second-order valence-corrected chi connectivity index (χ2v) is 3.16. The maximum Gasteiger partial charge on any atom is 0.309 e. The highest BCUT2D eigenvalue weighted by atomic mass is 19.3. The second kappa shape index (κ2) is 5.42. The van der Waals surface area contributed by atoms with E-state index in [2.05, 4.69) is 14.5 Å². The van der Waals surface area contributed by atoms with E-state index in [1.165, 1.54) is 0 Å². The first-order valence-electron chi connectivity index (χ1n) is 4.64. The van der Waals surface area contributed by atoms with Crippen LogP contribution in [0.4, 0.5) is 8.78 Å². The molecule has 0 aliphatic carbocycles. The third-order valence-corrected chi connectivity index (χ3v) is 2.12. The van der Waals surface area contributed by atoms with Gasteiger partial charge < -0.3 is 9.47 Å². The van der Waals surface area contributed by atoms with E-state index in [0.29, 0.717) is 0 Å². The van der Waals surface area contributed by atoms with Crippen LogP contribution >= 0.6 is 0 Å². The number of aromatic nitrogens is 1. The lowest BCUT2D eigenvalue weighted by Crippen LogP contribution is -2.15. The molecule has 0 fully saturated rings. The zero-order valence-electron chi connectivity index (χ0n) is 9.25. The molecule has 1 rings (SSSR count). The molecule has 0 saturated carbocycles. The van der Waals surface area contributed by atoms with Crippen molar-refractivity contribution < 1.29 is 23.0 Å². The van der Waals surface area contributed by atoms with Crippen LogP contribution in [0, 0.1) is 0 Å². The molecule has 0 radical (unpaired) electrons. The molecule has 0 saturated heterocycles. The monoisotopic (exact) mass is 247 g/mol. The number of esters is 1. The fraction of sp³-hybridized carbons (Fsp3) is 0.400. The van der Waals surface area contributed by atoms with E-state index in [1.807, 2.05) is 0 Å². The summed E-state index contributed by atoms with van der Waals surface area (Å²) in [6.45, 7) is 0. The number of carbonyl (C=O) groups excluding carboxylic acids is 1. The highest BCUT2D eigenvalue weighted by Crippen LogP contribution is 2.29. The number of hydrogen-bond donors (Lipinski definition) is 1. The van der Waals surface area contributed by atoms with Crippen molar-refractivity contribution in [3.05, 3.63) is 27.5 Å². The Morgan fingerprint density at radius 2 is 2.12 bits per heavy atom. The Labute approximate surface area is 95.4 Å². The van der Waals surface area contributed by atoms with Crippen molar-refractivity contribution in [2.45, 2.75) is 12.8 Å². The van der Waals surface area contributed by atoms with Crippen LogP contribution in [0.1, 0.15) is 17.6 Å². The normalized spacial score (nSPS) is 10.4. The molecule has 5 nitrogen and oxygen atoms in total. The average Bonchev–Trinajstić information content (AvgIpc) is 2.27. The van der Waals surface area contributed by atoms with Crippen LogP contribution in [-0.2, 0) is 16.0 Å². The van der Waals surface area contributed by atoms with Crippen LogP contribution < -0.4 is 10.3 Å². The molecule has 0 aliphatic rings. The predicted molar refractivity (Wildman–Crippen MR) is 54.3 cm³/mol. The van der Waals surface area contributed by atoms with Crippen LogP contribution in [0.25, 0.3) is 0 Å². The number of rotatable bonds is 4.